The van der Waals surface area contributed by atoms with Gasteiger partial charge < -0.3 is 19.6 Å². The van der Waals surface area contributed by atoms with Gasteiger partial charge in [0.2, 0.25) is 11.6 Å². The number of quaternary nitrogens is 2. The number of nitrogens with one attached hydrogen (secondary N) is 2. The van der Waals surface area contributed by atoms with Gasteiger partial charge >= 0.3 is 0 Å². The Bertz CT molecular complexity index is 546. The zero-order valence-electron chi connectivity index (χ0n) is 20.4. The maximum atomic E-state index is 12.4. The molecule has 0 amide bonds. The van der Waals surface area contributed by atoms with Crippen LogP contribution >= 0.6 is 0 Å². The number of allylic oxidation sites excluding steroid dienone is 2. The van der Waals surface area contributed by atoms with E-state index in [4.69, 9.17) is 0 Å². The van der Waals surface area contributed by atoms with Crippen LogP contribution in [-0.4, -0.2) is 86.0 Å². The number of hydrogen-bond acceptors (Lipinski definition) is 4. The molecule has 0 fully saturated rings. The normalized spacial score (nSPS) is 15.1. The Morgan fingerprint density at radius 3 is 1.17 bits per heavy atom. The molecule has 2 N–H and O–H groups in total. The van der Waals surface area contributed by atoms with E-state index >= 15 is 0 Å². The van der Waals surface area contributed by atoms with Crippen molar-refractivity contribution in [1.29, 1.82) is 0 Å². The summed E-state index contributed by atoms with van der Waals surface area (Å²) in [6.07, 6.45) is 4.87. The number of nitrogens with zero attached hydrogens (tertiary/aromatic N) is 2. The van der Waals surface area contributed by atoms with Crippen LogP contribution in [0.2, 0.25) is 0 Å². The van der Waals surface area contributed by atoms with Gasteiger partial charge in [-0.05, 0) is 41.5 Å². The molecule has 0 saturated heterocycles. The Kier molecular flexibility index (Phi) is 11.3. The van der Waals surface area contributed by atoms with Crippen molar-refractivity contribution in [2.45, 2.75) is 54.4 Å². The molecule has 1 aliphatic rings. The third-order valence-corrected chi connectivity index (χ3v) is 7.36. The standard InChI is InChI=1S/C24H44N4O2/c1-7-27(8-2,9-3)17-13-15-25-21-19-24(30)22(20-23(21)29)26-16-14-18-28(10-4,11-5)12-6/h19-20H,7-18H2,1-6H3/p+2. The summed E-state index contributed by atoms with van der Waals surface area (Å²) in [6.45, 7) is 23.7. The molecular formula is C24H46N4O2+2. The lowest BCUT2D eigenvalue weighted by atomic mass is 10.1. The average molecular weight is 423 g/mol. The lowest BCUT2D eigenvalue weighted by Gasteiger charge is -2.36. The number of carbonyl (C=O) groups excluding carboxylic acids is 2. The molecule has 0 radical (unpaired) electrons. The smallest absolute Gasteiger partial charge is 0.203 e. The first-order chi connectivity index (χ1) is 14.3. The molecule has 0 unspecified atom stereocenters. The SMILES string of the molecule is CC[N+](CC)(CC)CCCNC1=CC(=O)C(NCCC[N+](CC)(CC)CC)=CC1=O. The predicted octanol–water partition coefficient (Wildman–Crippen LogP) is 2.62. The van der Waals surface area contributed by atoms with Crippen LogP contribution < -0.4 is 10.6 Å². The average Bonchev–Trinajstić information content (AvgIpc) is 2.77. The molecule has 0 spiro atoms. The Labute approximate surface area is 184 Å². The third-order valence-electron chi connectivity index (χ3n) is 7.36. The number of ketones is 2. The van der Waals surface area contributed by atoms with Crippen LogP contribution in [0.3, 0.4) is 0 Å². The predicted molar refractivity (Wildman–Crippen MR) is 125 cm³/mol. The molecule has 0 heterocycles. The summed E-state index contributed by atoms with van der Waals surface area (Å²) >= 11 is 0. The molecule has 0 aromatic heterocycles. The van der Waals surface area contributed by atoms with Crippen molar-refractivity contribution in [3.05, 3.63) is 23.5 Å². The van der Waals surface area contributed by atoms with E-state index in [1.54, 1.807) is 0 Å². The molecule has 172 valence electrons. The highest BCUT2D eigenvalue weighted by Gasteiger charge is 2.23. The summed E-state index contributed by atoms with van der Waals surface area (Å²) in [5.41, 5.74) is 0.846. The van der Waals surface area contributed by atoms with Gasteiger partial charge in [0.25, 0.3) is 0 Å². The minimum absolute atomic E-state index is 0.111. The van der Waals surface area contributed by atoms with Crippen molar-refractivity contribution < 1.29 is 18.6 Å². The number of rotatable bonds is 16. The van der Waals surface area contributed by atoms with Gasteiger partial charge in [0.15, 0.2) is 0 Å². The zero-order valence-corrected chi connectivity index (χ0v) is 20.4. The molecule has 30 heavy (non-hydrogen) atoms. The van der Waals surface area contributed by atoms with Gasteiger partial charge in [-0.2, -0.15) is 0 Å². The fraction of sp³-hybridized carbons (Fsp3) is 0.750. The first-order valence-electron chi connectivity index (χ1n) is 12.0. The van der Waals surface area contributed by atoms with E-state index < -0.39 is 0 Å². The molecule has 0 atom stereocenters. The fourth-order valence-corrected chi connectivity index (χ4v) is 4.40. The van der Waals surface area contributed by atoms with Gasteiger partial charge in [0, 0.05) is 38.1 Å². The third kappa shape index (κ3) is 7.24. The van der Waals surface area contributed by atoms with E-state index in [9.17, 15) is 9.59 Å². The van der Waals surface area contributed by atoms with Crippen molar-refractivity contribution in [3.8, 4) is 0 Å². The van der Waals surface area contributed by atoms with E-state index in [1.807, 2.05) is 0 Å². The molecule has 6 nitrogen and oxygen atoms in total. The molecule has 0 bridgehead atoms. The van der Waals surface area contributed by atoms with E-state index in [0.29, 0.717) is 24.5 Å². The van der Waals surface area contributed by atoms with Gasteiger partial charge in [-0.25, -0.2) is 0 Å². The fourth-order valence-electron chi connectivity index (χ4n) is 4.40. The van der Waals surface area contributed by atoms with Crippen LogP contribution in [0.5, 0.6) is 0 Å². The van der Waals surface area contributed by atoms with Gasteiger partial charge in [-0.15, -0.1) is 0 Å². The Balaban J connectivity index is 2.46. The molecule has 1 rings (SSSR count). The van der Waals surface area contributed by atoms with Crippen molar-refractivity contribution in [2.75, 3.05) is 65.4 Å². The molecule has 6 heteroatoms. The molecule has 0 aliphatic heterocycles. The summed E-state index contributed by atoms with van der Waals surface area (Å²) < 4.78 is 2.19. The largest absolute Gasteiger partial charge is 0.382 e. The Hall–Kier alpha value is -1.66. The molecule has 0 saturated carbocycles. The Morgan fingerprint density at radius 1 is 0.600 bits per heavy atom. The highest BCUT2D eigenvalue weighted by Crippen LogP contribution is 2.11. The van der Waals surface area contributed by atoms with Crippen molar-refractivity contribution in [1.82, 2.24) is 10.6 Å². The Morgan fingerprint density at radius 2 is 0.900 bits per heavy atom. The first kappa shape index (κ1) is 26.4. The second kappa shape index (κ2) is 12.9. The second-order valence-electron chi connectivity index (χ2n) is 8.43. The highest BCUT2D eigenvalue weighted by molar-refractivity contribution is 6.19. The van der Waals surface area contributed by atoms with Crippen LogP contribution in [0.15, 0.2) is 23.5 Å². The van der Waals surface area contributed by atoms with Gasteiger partial charge in [0.1, 0.15) is 0 Å². The maximum Gasteiger partial charge on any atom is 0.203 e. The quantitative estimate of drug-likeness (QED) is 0.228. The van der Waals surface area contributed by atoms with Crippen molar-refractivity contribution in [3.63, 3.8) is 0 Å². The van der Waals surface area contributed by atoms with Gasteiger partial charge in [0.05, 0.1) is 63.8 Å². The van der Waals surface area contributed by atoms with Crippen molar-refractivity contribution in [2.24, 2.45) is 0 Å². The number of carbonyl (C=O) groups is 2. The lowest BCUT2D eigenvalue weighted by Crippen LogP contribution is -2.48. The molecule has 1 aliphatic carbocycles. The van der Waals surface area contributed by atoms with Crippen LogP contribution in [-0.2, 0) is 9.59 Å². The van der Waals surface area contributed by atoms with E-state index in [1.165, 1.54) is 12.2 Å². The van der Waals surface area contributed by atoms with Crippen LogP contribution in [0, 0.1) is 0 Å². The minimum Gasteiger partial charge on any atom is -0.382 e. The van der Waals surface area contributed by atoms with Crippen LogP contribution in [0.25, 0.3) is 0 Å². The summed E-state index contributed by atoms with van der Waals surface area (Å²) in [5, 5.41) is 6.37. The zero-order chi connectivity index (χ0) is 22.6. The highest BCUT2D eigenvalue weighted by atomic mass is 16.1. The molecule has 0 aromatic rings. The molecule has 0 aromatic carbocycles. The topological polar surface area (TPSA) is 58.2 Å². The minimum atomic E-state index is -0.111. The summed E-state index contributed by atoms with van der Waals surface area (Å²) in [6, 6.07) is 0. The van der Waals surface area contributed by atoms with Crippen molar-refractivity contribution >= 4 is 11.6 Å². The summed E-state index contributed by atoms with van der Waals surface area (Å²) in [5.74, 6) is -0.222. The van der Waals surface area contributed by atoms with E-state index in [-0.39, 0.29) is 11.6 Å². The van der Waals surface area contributed by atoms with Gasteiger partial charge in [-0.3, -0.25) is 9.59 Å². The van der Waals surface area contributed by atoms with Gasteiger partial charge in [-0.1, -0.05) is 0 Å². The monoisotopic (exact) mass is 422 g/mol. The maximum absolute atomic E-state index is 12.4. The van der Waals surface area contributed by atoms with Crippen LogP contribution in [0.4, 0.5) is 0 Å². The first-order valence-corrected chi connectivity index (χ1v) is 12.0. The molecular weight excluding hydrogens is 376 g/mol. The van der Waals surface area contributed by atoms with Crippen LogP contribution in [0.1, 0.15) is 54.4 Å². The van der Waals surface area contributed by atoms with E-state index in [2.05, 4.69) is 52.2 Å². The second-order valence-corrected chi connectivity index (χ2v) is 8.43. The van der Waals surface area contributed by atoms with E-state index in [0.717, 1.165) is 74.2 Å². The lowest BCUT2D eigenvalue weighted by molar-refractivity contribution is -0.923. The summed E-state index contributed by atoms with van der Waals surface area (Å²) in [4.78, 5) is 24.9. The summed E-state index contributed by atoms with van der Waals surface area (Å²) in [7, 11) is 0. The number of hydrogen-bond donors (Lipinski definition) is 2.